The van der Waals surface area contributed by atoms with E-state index in [0.717, 1.165) is 23.7 Å². The Bertz CT molecular complexity index is 1430. The molecular weight excluding hydrogens is 587 g/mol. The summed E-state index contributed by atoms with van der Waals surface area (Å²) >= 11 is 1.49. The number of benzene rings is 1. The molecule has 1 fully saturated rings. The standard InChI is InChI=1S/C29H34F3N5O5S/c1-6-23-14-33-25(43-23)19-9-18(24(38)36-17(2)20-12-34-26(35-13-20)29(30,31)32)10-21(11-19)41-16-22-15-37(7-8-40-22)27(39)42-28(3,4)5/h9-14,17,22H,6-8,15-16H2,1-5H3,(H,36,38)/t17-,22-/m1/s1. The lowest BCUT2D eigenvalue weighted by molar-refractivity contribution is -0.145. The molecule has 1 aromatic carbocycles. The molecular formula is C29H34F3N5O5S. The first-order chi connectivity index (χ1) is 20.2. The minimum Gasteiger partial charge on any atom is -0.491 e. The Labute approximate surface area is 251 Å². The Morgan fingerprint density at radius 2 is 1.86 bits per heavy atom. The Morgan fingerprint density at radius 1 is 1.14 bits per heavy atom. The van der Waals surface area contributed by atoms with Gasteiger partial charge in [0.05, 0.1) is 19.2 Å². The molecule has 1 saturated heterocycles. The fourth-order valence-corrected chi connectivity index (χ4v) is 4.95. The lowest BCUT2D eigenvalue weighted by atomic mass is 10.1. The second-order valence-corrected chi connectivity index (χ2v) is 12.1. The highest BCUT2D eigenvalue weighted by molar-refractivity contribution is 7.15. The smallest absolute Gasteiger partial charge is 0.451 e. The van der Waals surface area contributed by atoms with Crippen LogP contribution >= 0.6 is 11.3 Å². The van der Waals surface area contributed by atoms with Crippen molar-refractivity contribution >= 4 is 23.3 Å². The monoisotopic (exact) mass is 621 g/mol. The number of alkyl halides is 3. The summed E-state index contributed by atoms with van der Waals surface area (Å²) in [5.74, 6) is -1.34. The van der Waals surface area contributed by atoms with E-state index in [1.54, 1.807) is 57.0 Å². The number of morpholine rings is 1. The highest BCUT2D eigenvalue weighted by Gasteiger charge is 2.34. The molecule has 0 spiro atoms. The second-order valence-electron chi connectivity index (χ2n) is 11.0. The summed E-state index contributed by atoms with van der Waals surface area (Å²) in [5, 5.41) is 3.48. The van der Waals surface area contributed by atoms with E-state index in [-0.39, 0.29) is 18.7 Å². The van der Waals surface area contributed by atoms with Crippen LogP contribution in [0.4, 0.5) is 18.0 Å². The maximum Gasteiger partial charge on any atom is 0.451 e. The van der Waals surface area contributed by atoms with Gasteiger partial charge < -0.3 is 24.4 Å². The van der Waals surface area contributed by atoms with Gasteiger partial charge in [-0.1, -0.05) is 6.92 Å². The molecule has 2 atom stereocenters. The lowest BCUT2D eigenvalue weighted by Crippen LogP contribution is -2.49. The number of nitrogens with one attached hydrogen (secondary N) is 1. The van der Waals surface area contributed by atoms with E-state index < -0.39 is 41.7 Å². The third-order valence-electron chi connectivity index (χ3n) is 6.32. The molecule has 2 amide bonds. The van der Waals surface area contributed by atoms with Gasteiger partial charge in [0.1, 0.15) is 29.1 Å². The molecule has 2 aromatic heterocycles. The maximum atomic E-state index is 13.3. The normalized spacial score (nSPS) is 16.5. The van der Waals surface area contributed by atoms with Gasteiger partial charge in [-0.15, -0.1) is 11.3 Å². The summed E-state index contributed by atoms with van der Waals surface area (Å²) in [7, 11) is 0. The van der Waals surface area contributed by atoms with Gasteiger partial charge >= 0.3 is 12.3 Å². The first-order valence-electron chi connectivity index (χ1n) is 13.7. The largest absolute Gasteiger partial charge is 0.491 e. The molecule has 1 N–H and O–H groups in total. The molecule has 1 aliphatic heterocycles. The van der Waals surface area contributed by atoms with E-state index >= 15 is 0 Å². The predicted molar refractivity (Wildman–Crippen MR) is 153 cm³/mol. The SMILES string of the molecule is CCc1cnc(-c2cc(OC[C@H]3CN(C(=O)OC(C)(C)C)CCO3)cc(C(=O)N[C@H](C)c3cnc(C(F)(F)F)nc3)c2)s1. The van der Waals surface area contributed by atoms with Crippen molar-refractivity contribution in [1.82, 2.24) is 25.2 Å². The van der Waals surface area contributed by atoms with Crippen LogP contribution in [0.1, 0.15) is 67.3 Å². The number of amides is 2. The summed E-state index contributed by atoms with van der Waals surface area (Å²) < 4.78 is 55.9. The van der Waals surface area contributed by atoms with Gasteiger partial charge in [0.25, 0.3) is 5.91 Å². The number of halogens is 3. The van der Waals surface area contributed by atoms with Crippen molar-refractivity contribution < 1.29 is 37.0 Å². The van der Waals surface area contributed by atoms with E-state index in [1.807, 2.05) is 6.92 Å². The van der Waals surface area contributed by atoms with Crippen molar-refractivity contribution in [2.24, 2.45) is 0 Å². The zero-order chi connectivity index (χ0) is 31.4. The van der Waals surface area contributed by atoms with Gasteiger partial charge in [-0.2, -0.15) is 13.2 Å². The van der Waals surface area contributed by atoms with Gasteiger partial charge in [0.15, 0.2) is 0 Å². The summed E-state index contributed by atoms with van der Waals surface area (Å²) in [4.78, 5) is 39.7. The number of hydrogen-bond acceptors (Lipinski definition) is 9. The average Bonchev–Trinajstić information content (AvgIpc) is 3.44. The summed E-state index contributed by atoms with van der Waals surface area (Å²) in [6, 6.07) is 4.34. The van der Waals surface area contributed by atoms with Crippen molar-refractivity contribution in [2.75, 3.05) is 26.3 Å². The van der Waals surface area contributed by atoms with Crippen LogP contribution < -0.4 is 10.1 Å². The van der Waals surface area contributed by atoms with Gasteiger partial charge in [-0.3, -0.25) is 4.79 Å². The molecule has 0 radical (unpaired) electrons. The Kier molecular flexibility index (Phi) is 9.90. The highest BCUT2D eigenvalue weighted by Crippen LogP contribution is 2.31. The Balaban J connectivity index is 1.50. The van der Waals surface area contributed by atoms with Crippen LogP contribution in [0.15, 0.2) is 36.8 Å². The first-order valence-corrected chi connectivity index (χ1v) is 14.6. The molecule has 232 valence electrons. The quantitative estimate of drug-likeness (QED) is 0.341. The summed E-state index contributed by atoms with van der Waals surface area (Å²) in [6.07, 6.45) is -0.844. The van der Waals surface area contributed by atoms with Crippen molar-refractivity contribution in [3.63, 3.8) is 0 Å². The molecule has 1 aliphatic rings. The predicted octanol–water partition coefficient (Wildman–Crippen LogP) is 5.69. The van der Waals surface area contributed by atoms with Crippen LogP contribution in [0.5, 0.6) is 5.75 Å². The van der Waals surface area contributed by atoms with Crippen LogP contribution in [-0.4, -0.2) is 69.9 Å². The van der Waals surface area contributed by atoms with Crippen molar-refractivity contribution in [3.05, 3.63) is 58.6 Å². The van der Waals surface area contributed by atoms with E-state index in [2.05, 4.69) is 20.3 Å². The first kappa shape index (κ1) is 32.1. The van der Waals surface area contributed by atoms with Crippen LogP contribution in [0.2, 0.25) is 0 Å². The zero-order valence-electron chi connectivity index (χ0n) is 24.5. The number of rotatable bonds is 8. The molecule has 0 saturated carbocycles. The number of thiazole rings is 1. The molecule has 0 bridgehead atoms. The minimum absolute atomic E-state index is 0.112. The molecule has 0 aliphatic carbocycles. The number of ether oxygens (including phenoxy) is 3. The van der Waals surface area contributed by atoms with Crippen molar-refractivity contribution in [3.8, 4) is 16.3 Å². The summed E-state index contributed by atoms with van der Waals surface area (Å²) in [6.45, 7) is 10.2. The zero-order valence-corrected chi connectivity index (χ0v) is 25.3. The Hall–Kier alpha value is -3.78. The number of hydrogen-bond donors (Lipinski definition) is 1. The molecule has 4 rings (SSSR count). The average molecular weight is 622 g/mol. The van der Waals surface area contributed by atoms with Crippen LogP contribution in [0, 0.1) is 0 Å². The molecule has 14 heteroatoms. The molecule has 43 heavy (non-hydrogen) atoms. The maximum absolute atomic E-state index is 13.3. The van der Waals surface area contributed by atoms with Crippen LogP contribution in [0.3, 0.4) is 0 Å². The van der Waals surface area contributed by atoms with Gasteiger partial charge in [0, 0.05) is 46.7 Å². The number of carbonyl (C=O) groups is 2. The molecule has 3 aromatic rings. The van der Waals surface area contributed by atoms with E-state index in [1.165, 1.54) is 11.3 Å². The van der Waals surface area contributed by atoms with Crippen LogP contribution in [0.25, 0.3) is 10.6 Å². The van der Waals surface area contributed by atoms with Gasteiger partial charge in [-0.25, -0.2) is 19.7 Å². The third kappa shape index (κ3) is 8.86. The second kappa shape index (κ2) is 13.2. The lowest BCUT2D eigenvalue weighted by Gasteiger charge is -2.34. The van der Waals surface area contributed by atoms with Gasteiger partial charge in [0.2, 0.25) is 5.82 Å². The minimum atomic E-state index is -4.66. The van der Waals surface area contributed by atoms with Crippen molar-refractivity contribution in [1.29, 1.82) is 0 Å². The number of carbonyl (C=O) groups excluding carboxylic acids is 2. The Morgan fingerprint density at radius 3 is 2.49 bits per heavy atom. The topological polar surface area (TPSA) is 116 Å². The third-order valence-corrected chi connectivity index (χ3v) is 7.51. The molecule has 10 nitrogen and oxygen atoms in total. The van der Waals surface area contributed by atoms with E-state index in [4.69, 9.17) is 14.2 Å². The fourth-order valence-electron chi connectivity index (χ4n) is 4.11. The fraction of sp³-hybridized carbons (Fsp3) is 0.483. The number of aromatic nitrogens is 3. The van der Waals surface area contributed by atoms with E-state index in [9.17, 15) is 22.8 Å². The van der Waals surface area contributed by atoms with E-state index in [0.29, 0.717) is 35.0 Å². The molecule has 3 heterocycles. The van der Waals surface area contributed by atoms with Gasteiger partial charge in [-0.05, 0) is 52.3 Å². The van der Waals surface area contributed by atoms with Crippen LogP contribution in [-0.2, 0) is 22.1 Å². The molecule has 0 unspecified atom stereocenters. The number of aryl methyl sites for hydroxylation is 1. The van der Waals surface area contributed by atoms with Crippen molar-refractivity contribution in [2.45, 2.75) is 65.0 Å². The highest BCUT2D eigenvalue weighted by atomic mass is 32.1. The number of nitrogens with zero attached hydrogens (tertiary/aromatic N) is 4. The summed E-state index contributed by atoms with van der Waals surface area (Å²) in [5.41, 5.74) is 0.618.